The summed E-state index contributed by atoms with van der Waals surface area (Å²) in [7, 11) is 0. The molecule has 7 nitrogen and oxygen atoms in total. The molecule has 2 N–H and O–H groups in total. The predicted octanol–water partition coefficient (Wildman–Crippen LogP) is 4.10. The van der Waals surface area contributed by atoms with Gasteiger partial charge in [-0.05, 0) is 49.6 Å². The summed E-state index contributed by atoms with van der Waals surface area (Å²) in [6.45, 7) is 0. The molecule has 0 spiro atoms. The third-order valence-electron chi connectivity index (χ3n) is 4.15. The molecule has 1 fully saturated rings. The molecule has 2 heterocycles. The zero-order valence-corrected chi connectivity index (χ0v) is 16.8. The highest BCUT2D eigenvalue weighted by atomic mass is 32.2. The van der Waals surface area contributed by atoms with Crippen molar-refractivity contribution in [3.63, 3.8) is 0 Å². The number of aromatic nitrogens is 3. The number of thiazole rings is 1. The molecule has 3 aromatic rings. The first-order valence-electron chi connectivity index (χ1n) is 8.60. The van der Waals surface area contributed by atoms with Gasteiger partial charge in [-0.2, -0.15) is 9.36 Å². The molecule has 10 heteroatoms. The second-order valence-corrected chi connectivity index (χ2v) is 9.13. The highest BCUT2D eigenvalue weighted by molar-refractivity contribution is 8.16. The molecule has 140 valence electrons. The Bertz CT molecular complexity index is 945. The number of para-hydroxylation sites is 1. The molecule has 4 rings (SSSR count). The standard InChI is InChI=1S/C17H17N5O2S3/c18-16-20-14(22-27-16)13(21-24-10-6-2-1-3-7-10)15(23)26-17-19-11-8-4-5-9-12(11)25-17/h4-5,8-10H,1-3,6-7H2,(H2,18,20,22)/b21-13-. The quantitative estimate of drug-likeness (QED) is 0.377. The van der Waals surface area contributed by atoms with Crippen molar-refractivity contribution in [2.45, 2.75) is 42.5 Å². The first kappa shape index (κ1) is 18.3. The number of nitrogens with zero attached hydrogens (tertiary/aromatic N) is 4. The minimum Gasteiger partial charge on any atom is -0.392 e. The van der Waals surface area contributed by atoms with Crippen LogP contribution < -0.4 is 5.73 Å². The Morgan fingerprint density at radius 3 is 2.78 bits per heavy atom. The number of nitrogen functional groups attached to an aromatic ring is 1. The van der Waals surface area contributed by atoms with Gasteiger partial charge in [-0.1, -0.05) is 23.7 Å². The van der Waals surface area contributed by atoms with E-state index in [0.29, 0.717) is 4.34 Å². The summed E-state index contributed by atoms with van der Waals surface area (Å²) in [6.07, 6.45) is 5.38. The van der Waals surface area contributed by atoms with Gasteiger partial charge in [0.05, 0.1) is 10.2 Å². The zero-order chi connectivity index (χ0) is 18.6. The number of hydrogen-bond donors (Lipinski definition) is 1. The fourth-order valence-electron chi connectivity index (χ4n) is 2.82. The highest BCUT2D eigenvalue weighted by Crippen LogP contribution is 2.30. The van der Waals surface area contributed by atoms with Crippen LogP contribution in [0.4, 0.5) is 5.13 Å². The van der Waals surface area contributed by atoms with Crippen molar-refractivity contribution >= 4 is 60.8 Å². The van der Waals surface area contributed by atoms with E-state index in [9.17, 15) is 4.79 Å². The number of nitrogens with two attached hydrogens (primary N) is 1. The number of hydrogen-bond acceptors (Lipinski definition) is 10. The number of carbonyl (C=O) groups excluding carboxylic acids is 1. The number of carbonyl (C=O) groups is 1. The lowest BCUT2D eigenvalue weighted by atomic mass is 9.98. The Labute approximate surface area is 168 Å². The SMILES string of the molecule is Nc1nc(/C(=N/OC2CCCCC2)C(=O)Sc2nc3ccccc3s2)ns1. The van der Waals surface area contributed by atoms with E-state index in [-0.39, 0.29) is 27.9 Å². The Balaban J connectivity index is 1.55. The average Bonchev–Trinajstić information content (AvgIpc) is 3.28. The minimum absolute atomic E-state index is 0.0324. The molecule has 1 saturated carbocycles. The van der Waals surface area contributed by atoms with Crippen LogP contribution in [0.2, 0.25) is 0 Å². The normalized spacial score (nSPS) is 15.9. The van der Waals surface area contributed by atoms with Gasteiger partial charge in [-0.15, -0.1) is 11.3 Å². The van der Waals surface area contributed by atoms with Gasteiger partial charge in [0.15, 0.2) is 9.47 Å². The number of anilines is 1. The minimum atomic E-state index is -0.303. The molecule has 0 unspecified atom stereocenters. The Kier molecular flexibility index (Phi) is 5.65. The summed E-state index contributed by atoms with van der Waals surface area (Å²) in [5.74, 6) is 0.201. The third kappa shape index (κ3) is 4.45. The molecule has 2 aromatic heterocycles. The van der Waals surface area contributed by atoms with Crippen LogP contribution >= 0.6 is 34.6 Å². The number of benzene rings is 1. The molecule has 0 radical (unpaired) electrons. The van der Waals surface area contributed by atoms with E-state index >= 15 is 0 Å². The molecule has 0 aliphatic heterocycles. The van der Waals surface area contributed by atoms with Crippen molar-refractivity contribution in [3.8, 4) is 0 Å². The van der Waals surface area contributed by atoms with Crippen LogP contribution in [0.1, 0.15) is 37.9 Å². The van der Waals surface area contributed by atoms with Crippen molar-refractivity contribution in [3.05, 3.63) is 30.1 Å². The smallest absolute Gasteiger partial charge is 0.252 e. The average molecular weight is 420 g/mol. The number of thioether (sulfide) groups is 1. The van der Waals surface area contributed by atoms with Crippen LogP contribution in [0.5, 0.6) is 0 Å². The number of oxime groups is 1. The van der Waals surface area contributed by atoms with Gasteiger partial charge in [0.25, 0.3) is 5.12 Å². The molecule has 0 saturated heterocycles. The summed E-state index contributed by atoms with van der Waals surface area (Å²) >= 11 is 3.50. The Hall–Kier alpha value is -2.04. The maximum atomic E-state index is 12.9. The van der Waals surface area contributed by atoms with Crippen LogP contribution in [-0.2, 0) is 9.63 Å². The highest BCUT2D eigenvalue weighted by Gasteiger charge is 2.24. The third-order valence-corrected chi connectivity index (χ3v) is 6.66. The summed E-state index contributed by atoms with van der Waals surface area (Å²) in [5.41, 5.74) is 6.63. The van der Waals surface area contributed by atoms with E-state index in [1.54, 1.807) is 0 Å². The number of fused-ring (bicyclic) bond motifs is 1. The summed E-state index contributed by atoms with van der Waals surface area (Å²) in [4.78, 5) is 27.1. The molecule has 1 aliphatic rings. The lowest BCUT2D eigenvalue weighted by Crippen LogP contribution is -2.19. The predicted molar refractivity (Wildman–Crippen MR) is 109 cm³/mol. The fourth-order valence-corrected chi connectivity index (χ4v) is 5.14. The lowest BCUT2D eigenvalue weighted by molar-refractivity contribution is -0.105. The Morgan fingerprint density at radius 1 is 1.22 bits per heavy atom. The molecule has 27 heavy (non-hydrogen) atoms. The maximum absolute atomic E-state index is 12.9. The molecule has 0 bridgehead atoms. The first-order chi connectivity index (χ1) is 13.2. The van der Waals surface area contributed by atoms with E-state index in [2.05, 4.69) is 19.5 Å². The van der Waals surface area contributed by atoms with E-state index in [4.69, 9.17) is 10.6 Å². The first-order valence-corrected chi connectivity index (χ1v) is 11.0. The van der Waals surface area contributed by atoms with Crippen LogP contribution in [0.15, 0.2) is 33.8 Å². The maximum Gasteiger partial charge on any atom is 0.252 e. The monoisotopic (exact) mass is 419 g/mol. The largest absolute Gasteiger partial charge is 0.392 e. The van der Waals surface area contributed by atoms with Crippen molar-refractivity contribution < 1.29 is 9.63 Å². The van der Waals surface area contributed by atoms with E-state index in [1.807, 2.05) is 24.3 Å². The zero-order valence-electron chi connectivity index (χ0n) is 14.3. The van der Waals surface area contributed by atoms with Gasteiger partial charge in [0, 0.05) is 11.5 Å². The van der Waals surface area contributed by atoms with Crippen molar-refractivity contribution in [1.82, 2.24) is 14.3 Å². The van der Waals surface area contributed by atoms with E-state index < -0.39 is 0 Å². The van der Waals surface area contributed by atoms with Gasteiger partial charge < -0.3 is 10.6 Å². The van der Waals surface area contributed by atoms with Crippen LogP contribution in [0.3, 0.4) is 0 Å². The molecule has 0 amide bonds. The van der Waals surface area contributed by atoms with Crippen LogP contribution in [0.25, 0.3) is 10.2 Å². The van der Waals surface area contributed by atoms with Gasteiger partial charge in [-0.3, -0.25) is 4.79 Å². The lowest BCUT2D eigenvalue weighted by Gasteiger charge is -2.19. The van der Waals surface area contributed by atoms with E-state index in [1.165, 1.54) is 17.8 Å². The number of rotatable bonds is 5. The van der Waals surface area contributed by atoms with Gasteiger partial charge in [-0.25, -0.2) is 4.98 Å². The van der Waals surface area contributed by atoms with Crippen molar-refractivity contribution in [2.75, 3.05) is 5.73 Å². The summed E-state index contributed by atoms with van der Waals surface area (Å²) in [6, 6.07) is 7.77. The van der Waals surface area contributed by atoms with Gasteiger partial charge in [0.2, 0.25) is 11.5 Å². The molecular formula is C17H17N5O2S3. The fraction of sp³-hybridized carbons (Fsp3) is 0.353. The molecule has 0 atom stereocenters. The summed E-state index contributed by atoms with van der Waals surface area (Å²) < 4.78 is 5.81. The van der Waals surface area contributed by atoms with Crippen LogP contribution in [0, 0.1) is 0 Å². The van der Waals surface area contributed by atoms with Gasteiger partial charge >= 0.3 is 0 Å². The molecule has 1 aliphatic carbocycles. The van der Waals surface area contributed by atoms with Crippen molar-refractivity contribution in [2.24, 2.45) is 5.16 Å². The topological polar surface area (TPSA) is 103 Å². The second kappa shape index (κ2) is 8.32. The molecular weight excluding hydrogens is 402 g/mol. The van der Waals surface area contributed by atoms with E-state index in [0.717, 1.165) is 59.2 Å². The molecule has 1 aromatic carbocycles. The Morgan fingerprint density at radius 2 is 2.04 bits per heavy atom. The van der Waals surface area contributed by atoms with Crippen molar-refractivity contribution in [1.29, 1.82) is 0 Å². The summed E-state index contributed by atoms with van der Waals surface area (Å²) in [5, 5.41) is 4.11. The van der Waals surface area contributed by atoms with Crippen LogP contribution in [-0.4, -0.2) is 31.3 Å². The second-order valence-electron chi connectivity index (χ2n) is 6.10. The van der Waals surface area contributed by atoms with Gasteiger partial charge in [0.1, 0.15) is 6.10 Å².